The lowest BCUT2D eigenvalue weighted by atomic mass is 10.0. The second-order valence-electron chi connectivity index (χ2n) is 6.18. The molecule has 0 aliphatic rings. The average Bonchev–Trinajstić information content (AvgIpc) is 2.62. The molecule has 0 aliphatic carbocycles. The van der Waals surface area contributed by atoms with Crippen LogP contribution in [0.25, 0.3) is 0 Å². The summed E-state index contributed by atoms with van der Waals surface area (Å²) in [6.07, 6.45) is 2.85. The lowest BCUT2D eigenvalue weighted by Crippen LogP contribution is -2.26. The number of carbonyl (C=O) groups excluding carboxylic acids is 1. The van der Waals surface area contributed by atoms with Crippen LogP contribution in [0.4, 0.5) is 5.69 Å². The SMILES string of the molecule is CCCc1oc(C)c(OC)c(=O)c1C(=O)Nc1c(CC)cccc1CC. The molecule has 0 saturated heterocycles. The molecule has 0 spiro atoms. The van der Waals surface area contributed by atoms with Crippen LogP contribution >= 0.6 is 0 Å². The molecule has 1 heterocycles. The Bertz CT molecular complexity index is 830. The third-order valence-electron chi connectivity index (χ3n) is 4.45. The minimum absolute atomic E-state index is 0.0299. The predicted octanol–water partition coefficient (Wildman–Crippen LogP) is 4.29. The highest BCUT2D eigenvalue weighted by Crippen LogP contribution is 2.25. The molecule has 0 radical (unpaired) electrons. The van der Waals surface area contributed by atoms with Crippen molar-refractivity contribution in [2.75, 3.05) is 12.4 Å². The topological polar surface area (TPSA) is 68.5 Å². The molecule has 140 valence electrons. The van der Waals surface area contributed by atoms with E-state index in [1.165, 1.54) is 7.11 Å². The van der Waals surface area contributed by atoms with Gasteiger partial charge in [-0.15, -0.1) is 0 Å². The van der Waals surface area contributed by atoms with E-state index in [0.29, 0.717) is 17.9 Å². The molecule has 0 fully saturated rings. The van der Waals surface area contributed by atoms with Gasteiger partial charge in [0.15, 0.2) is 0 Å². The molecule has 26 heavy (non-hydrogen) atoms. The number of amides is 1. The van der Waals surface area contributed by atoms with Crippen LogP contribution in [0.2, 0.25) is 0 Å². The largest absolute Gasteiger partial charge is 0.490 e. The Morgan fingerprint density at radius 1 is 1.15 bits per heavy atom. The summed E-state index contributed by atoms with van der Waals surface area (Å²) in [5.74, 6) is 0.423. The summed E-state index contributed by atoms with van der Waals surface area (Å²) in [5, 5.41) is 2.95. The van der Waals surface area contributed by atoms with Crippen molar-refractivity contribution in [3.8, 4) is 5.75 Å². The summed E-state index contributed by atoms with van der Waals surface area (Å²) in [7, 11) is 1.40. The first-order chi connectivity index (χ1) is 12.5. The first kappa shape index (κ1) is 19.8. The van der Waals surface area contributed by atoms with Crippen LogP contribution < -0.4 is 15.5 Å². The smallest absolute Gasteiger partial charge is 0.263 e. The molecule has 2 aromatic rings. The van der Waals surface area contributed by atoms with Gasteiger partial charge >= 0.3 is 0 Å². The van der Waals surface area contributed by atoms with E-state index in [4.69, 9.17) is 9.15 Å². The normalized spacial score (nSPS) is 10.7. The Labute approximate surface area is 154 Å². The van der Waals surface area contributed by atoms with Crippen molar-refractivity contribution in [1.82, 2.24) is 0 Å². The van der Waals surface area contributed by atoms with Crippen molar-refractivity contribution in [1.29, 1.82) is 0 Å². The first-order valence-corrected chi connectivity index (χ1v) is 9.10. The molecule has 0 aliphatic heterocycles. The maximum atomic E-state index is 13.0. The second-order valence-corrected chi connectivity index (χ2v) is 6.18. The Morgan fingerprint density at radius 3 is 2.27 bits per heavy atom. The molecule has 5 nitrogen and oxygen atoms in total. The highest BCUT2D eigenvalue weighted by molar-refractivity contribution is 6.06. The lowest BCUT2D eigenvalue weighted by Gasteiger charge is -2.16. The van der Waals surface area contributed by atoms with E-state index in [2.05, 4.69) is 5.32 Å². The van der Waals surface area contributed by atoms with Crippen LogP contribution in [0.5, 0.6) is 5.75 Å². The van der Waals surface area contributed by atoms with Gasteiger partial charge in [0.2, 0.25) is 11.2 Å². The van der Waals surface area contributed by atoms with Crippen molar-refractivity contribution in [3.05, 3.63) is 56.6 Å². The second kappa shape index (κ2) is 8.70. The molecule has 0 atom stereocenters. The van der Waals surface area contributed by atoms with Gasteiger partial charge in [0, 0.05) is 12.1 Å². The number of methoxy groups -OCH3 is 1. The summed E-state index contributed by atoms with van der Waals surface area (Å²) in [6, 6.07) is 5.96. The van der Waals surface area contributed by atoms with E-state index in [0.717, 1.165) is 36.1 Å². The fraction of sp³-hybridized carbons (Fsp3) is 0.429. The summed E-state index contributed by atoms with van der Waals surface area (Å²) < 4.78 is 10.9. The molecular formula is C21H27NO4. The number of hydrogen-bond acceptors (Lipinski definition) is 4. The number of rotatable bonds is 7. The van der Waals surface area contributed by atoms with E-state index in [1.54, 1.807) is 6.92 Å². The fourth-order valence-corrected chi connectivity index (χ4v) is 3.13. The number of carbonyl (C=O) groups is 1. The maximum absolute atomic E-state index is 13.0. The van der Waals surface area contributed by atoms with Crippen LogP contribution in [0.15, 0.2) is 27.4 Å². The molecule has 1 N–H and O–H groups in total. The van der Waals surface area contributed by atoms with Gasteiger partial charge in [-0.2, -0.15) is 0 Å². The number of ether oxygens (including phenoxy) is 1. The van der Waals surface area contributed by atoms with E-state index in [-0.39, 0.29) is 11.3 Å². The lowest BCUT2D eigenvalue weighted by molar-refractivity contribution is 0.102. The van der Waals surface area contributed by atoms with Gasteiger partial charge < -0.3 is 14.5 Å². The van der Waals surface area contributed by atoms with Crippen LogP contribution in [0.3, 0.4) is 0 Å². The van der Waals surface area contributed by atoms with E-state index >= 15 is 0 Å². The molecule has 2 rings (SSSR count). The first-order valence-electron chi connectivity index (χ1n) is 9.10. The summed E-state index contributed by atoms with van der Waals surface area (Å²) >= 11 is 0. The summed E-state index contributed by atoms with van der Waals surface area (Å²) in [4.78, 5) is 25.8. The number of hydrogen-bond donors (Lipinski definition) is 1. The third kappa shape index (κ3) is 3.82. The Balaban J connectivity index is 2.56. The number of aryl methyl sites for hydroxylation is 4. The standard InChI is InChI=1S/C21H27NO4/c1-6-10-16-17(19(23)20(25-5)13(4)26-16)21(24)22-18-14(7-2)11-9-12-15(18)8-3/h9,11-12H,6-8,10H2,1-5H3,(H,22,24). The van der Waals surface area contributed by atoms with Crippen LogP contribution in [-0.4, -0.2) is 13.0 Å². The van der Waals surface area contributed by atoms with Crippen molar-refractivity contribution in [2.24, 2.45) is 0 Å². The van der Waals surface area contributed by atoms with Crippen molar-refractivity contribution < 1.29 is 13.9 Å². The van der Waals surface area contributed by atoms with E-state index in [9.17, 15) is 9.59 Å². The molecule has 0 unspecified atom stereocenters. The molecule has 1 aromatic carbocycles. The highest BCUT2D eigenvalue weighted by Gasteiger charge is 2.24. The fourth-order valence-electron chi connectivity index (χ4n) is 3.13. The predicted molar refractivity (Wildman–Crippen MR) is 103 cm³/mol. The Kier molecular flexibility index (Phi) is 6.61. The zero-order valence-corrected chi connectivity index (χ0v) is 16.2. The van der Waals surface area contributed by atoms with Gasteiger partial charge in [-0.05, 0) is 37.3 Å². The van der Waals surface area contributed by atoms with Gasteiger partial charge in [-0.25, -0.2) is 0 Å². The third-order valence-corrected chi connectivity index (χ3v) is 4.45. The van der Waals surface area contributed by atoms with Gasteiger partial charge in [-0.1, -0.05) is 39.0 Å². The number of anilines is 1. The Morgan fingerprint density at radius 2 is 1.77 bits per heavy atom. The molecule has 0 bridgehead atoms. The molecule has 0 saturated carbocycles. The molecule has 1 amide bonds. The number of benzene rings is 1. The van der Waals surface area contributed by atoms with Crippen molar-refractivity contribution in [3.63, 3.8) is 0 Å². The monoisotopic (exact) mass is 357 g/mol. The minimum atomic E-state index is -0.448. The quantitative estimate of drug-likeness (QED) is 0.803. The van der Waals surface area contributed by atoms with Gasteiger partial charge in [0.05, 0.1) is 7.11 Å². The summed E-state index contributed by atoms with van der Waals surface area (Å²) in [5.41, 5.74) is 2.46. The minimum Gasteiger partial charge on any atom is -0.490 e. The van der Waals surface area contributed by atoms with Crippen LogP contribution in [-0.2, 0) is 19.3 Å². The Hall–Kier alpha value is -2.56. The molecular weight excluding hydrogens is 330 g/mol. The van der Waals surface area contributed by atoms with Crippen LogP contribution in [0, 0.1) is 6.92 Å². The van der Waals surface area contributed by atoms with Crippen LogP contribution in [0.1, 0.15) is 60.2 Å². The van der Waals surface area contributed by atoms with Gasteiger partial charge in [0.1, 0.15) is 17.1 Å². The average molecular weight is 357 g/mol. The number of para-hydroxylation sites is 1. The zero-order chi connectivity index (χ0) is 19.3. The highest BCUT2D eigenvalue weighted by atomic mass is 16.5. The van der Waals surface area contributed by atoms with E-state index in [1.807, 2.05) is 39.0 Å². The van der Waals surface area contributed by atoms with E-state index < -0.39 is 11.3 Å². The number of nitrogens with one attached hydrogen (secondary N) is 1. The van der Waals surface area contributed by atoms with Crippen molar-refractivity contribution in [2.45, 2.75) is 53.4 Å². The summed E-state index contributed by atoms with van der Waals surface area (Å²) in [6.45, 7) is 7.72. The molecule has 5 heteroatoms. The van der Waals surface area contributed by atoms with Crippen molar-refractivity contribution >= 4 is 11.6 Å². The molecule has 1 aromatic heterocycles. The van der Waals surface area contributed by atoms with Gasteiger partial charge in [0.25, 0.3) is 5.91 Å². The van der Waals surface area contributed by atoms with Gasteiger partial charge in [-0.3, -0.25) is 9.59 Å². The maximum Gasteiger partial charge on any atom is 0.263 e. The zero-order valence-electron chi connectivity index (χ0n) is 16.2.